The second kappa shape index (κ2) is 9.65. The molecule has 0 saturated carbocycles. The summed E-state index contributed by atoms with van der Waals surface area (Å²) in [5, 5.41) is 11.2. The molecule has 1 aromatic heterocycles. The number of carbonyl (C=O) groups excluding carboxylic acids is 1. The van der Waals surface area contributed by atoms with Crippen LogP contribution in [0, 0.1) is 13.8 Å². The number of anilines is 1. The van der Waals surface area contributed by atoms with Crippen molar-refractivity contribution in [3.63, 3.8) is 0 Å². The van der Waals surface area contributed by atoms with E-state index in [0.717, 1.165) is 16.8 Å². The third-order valence-electron chi connectivity index (χ3n) is 4.85. The Morgan fingerprint density at radius 2 is 1.61 bits per heavy atom. The summed E-state index contributed by atoms with van der Waals surface area (Å²) >= 11 is 1.27. The molecular formula is C22H26N4O3S2. The number of benzene rings is 2. The zero-order chi connectivity index (χ0) is 22.6. The Hall–Kier alpha value is -2.65. The van der Waals surface area contributed by atoms with Crippen LogP contribution in [0.15, 0.2) is 58.6 Å². The average molecular weight is 459 g/mol. The Kier molecular flexibility index (Phi) is 7.17. The first kappa shape index (κ1) is 23.0. The summed E-state index contributed by atoms with van der Waals surface area (Å²) in [6, 6.07) is 14.3. The van der Waals surface area contributed by atoms with Gasteiger partial charge in [-0.1, -0.05) is 54.1 Å². The number of nitrogens with zero attached hydrogens (tertiary/aromatic N) is 3. The van der Waals surface area contributed by atoms with E-state index in [0.29, 0.717) is 17.4 Å². The van der Waals surface area contributed by atoms with Crippen molar-refractivity contribution in [1.82, 2.24) is 14.8 Å². The van der Waals surface area contributed by atoms with E-state index in [1.54, 1.807) is 35.9 Å². The smallest absolute Gasteiger partial charge is 0.237 e. The van der Waals surface area contributed by atoms with Gasteiger partial charge >= 0.3 is 0 Å². The molecule has 31 heavy (non-hydrogen) atoms. The van der Waals surface area contributed by atoms with Gasteiger partial charge in [0.15, 0.2) is 15.0 Å². The number of amides is 1. The lowest BCUT2D eigenvalue weighted by Crippen LogP contribution is -2.25. The molecule has 0 radical (unpaired) electrons. The minimum Gasteiger partial charge on any atom is -0.325 e. The zero-order valence-corrected chi connectivity index (χ0v) is 19.6. The summed E-state index contributed by atoms with van der Waals surface area (Å²) in [5.74, 6) is -0.0583. The van der Waals surface area contributed by atoms with Gasteiger partial charge in [-0.15, -0.1) is 10.2 Å². The molecule has 1 N–H and O–H groups in total. The molecule has 0 spiro atoms. The fourth-order valence-electron chi connectivity index (χ4n) is 2.88. The van der Waals surface area contributed by atoms with Crippen molar-refractivity contribution in [2.24, 2.45) is 7.05 Å². The Labute approximate surface area is 187 Å². The molecule has 2 aromatic carbocycles. The lowest BCUT2D eigenvalue weighted by atomic mass is 10.2. The van der Waals surface area contributed by atoms with Crippen molar-refractivity contribution >= 4 is 33.2 Å². The fraction of sp³-hybridized carbons (Fsp3) is 0.318. The number of hydrogen-bond acceptors (Lipinski definition) is 6. The van der Waals surface area contributed by atoms with Crippen molar-refractivity contribution in [3.05, 3.63) is 65.5 Å². The first-order valence-corrected chi connectivity index (χ1v) is 12.4. The molecule has 0 bridgehead atoms. The van der Waals surface area contributed by atoms with Crippen LogP contribution in [-0.4, -0.2) is 34.3 Å². The number of thioether (sulfide) groups is 1. The minimum absolute atomic E-state index is 0.131. The lowest BCUT2D eigenvalue weighted by molar-refractivity contribution is -0.115. The molecule has 164 valence electrons. The molecular weight excluding hydrogens is 432 g/mol. The van der Waals surface area contributed by atoms with Crippen LogP contribution in [0.1, 0.15) is 30.3 Å². The summed E-state index contributed by atoms with van der Waals surface area (Å²) in [6.45, 7) is 5.81. The van der Waals surface area contributed by atoms with Crippen LogP contribution in [0.4, 0.5) is 5.69 Å². The van der Waals surface area contributed by atoms with Crippen LogP contribution in [0.3, 0.4) is 0 Å². The molecule has 1 unspecified atom stereocenters. The highest BCUT2D eigenvalue weighted by Crippen LogP contribution is 2.26. The fourth-order valence-corrected chi connectivity index (χ4v) is 5.13. The average Bonchev–Trinajstić information content (AvgIpc) is 3.06. The first-order chi connectivity index (χ1) is 14.7. The van der Waals surface area contributed by atoms with Crippen molar-refractivity contribution in [3.8, 4) is 0 Å². The maximum atomic E-state index is 12.7. The van der Waals surface area contributed by atoms with E-state index in [1.807, 2.05) is 45.0 Å². The summed E-state index contributed by atoms with van der Waals surface area (Å²) in [6.07, 6.45) is 0.590. The quantitative estimate of drug-likeness (QED) is 0.514. The lowest BCUT2D eigenvalue weighted by Gasteiger charge is -2.14. The molecule has 0 fully saturated rings. The summed E-state index contributed by atoms with van der Waals surface area (Å²) in [4.78, 5) is 13.0. The van der Waals surface area contributed by atoms with Gasteiger partial charge in [-0.05, 0) is 44.5 Å². The van der Waals surface area contributed by atoms with Crippen LogP contribution >= 0.6 is 11.8 Å². The van der Waals surface area contributed by atoms with Crippen LogP contribution in [0.5, 0.6) is 0 Å². The number of aryl methyl sites for hydroxylation is 2. The molecule has 1 amide bonds. The van der Waals surface area contributed by atoms with Gasteiger partial charge in [0.25, 0.3) is 0 Å². The van der Waals surface area contributed by atoms with E-state index in [2.05, 4.69) is 15.5 Å². The molecule has 0 aliphatic carbocycles. The predicted molar refractivity (Wildman–Crippen MR) is 123 cm³/mol. The Morgan fingerprint density at radius 3 is 2.19 bits per heavy atom. The number of nitrogens with one attached hydrogen (secondary N) is 1. The van der Waals surface area contributed by atoms with Crippen LogP contribution in [0.2, 0.25) is 0 Å². The standard InChI is InChI=1S/C22H26N4O3S2/c1-5-19(21(27)23-17-10-6-15(2)7-11-17)30-22-25-24-20(26(22)4)14-31(28,29)18-12-8-16(3)9-13-18/h6-13,19H,5,14H2,1-4H3,(H,23,27). The van der Waals surface area contributed by atoms with Gasteiger partial charge in [-0.25, -0.2) is 8.42 Å². The molecule has 1 atom stereocenters. The normalized spacial score (nSPS) is 12.5. The highest BCUT2D eigenvalue weighted by molar-refractivity contribution is 8.00. The SMILES string of the molecule is CCC(Sc1nnc(CS(=O)(=O)c2ccc(C)cc2)n1C)C(=O)Nc1ccc(C)cc1. The zero-order valence-electron chi connectivity index (χ0n) is 18.0. The van der Waals surface area contributed by atoms with Gasteiger partial charge in [-0.2, -0.15) is 0 Å². The third-order valence-corrected chi connectivity index (χ3v) is 7.88. The highest BCUT2D eigenvalue weighted by Gasteiger charge is 2.24. The van der Waals surface area contributed by atoms with Gasteiger partial charge in [0.05, 0.1) is 10.1 Å². The summed E-state index contributed by atoms with van der Waals surface area (Å²) in [7, 11) is -1.83. The van der Waals surface area contributed by atoms with E-state index >= 15 is 0 Å². The molecule has 9 heteroatoms. The predicted octanol–water partition coefficient (Wildman–Crippen LogP) is 3.92. The van der Waals surface area contributed by atoms with Gasteiger partial charge in [0, 0.05) is 12.7 Å². The topological polar surface area (TPSA) is 93.9 Å². The Bertz CT molecular complexity index is 1150. The summed E-state index contributed by atoms with van der Waals surface area (Å²) < 4.78 is 27.1. The third kappa shape index (κ3) is 5.74. The summed E-state index contributed by atoms with van der Waals surface area (Å²) in [5.41, 5.74) is 2.84. The molecule has 0 saturated heterocycles. The molecule has 0 aliphatic heterocycles. The molecule has 3 aromatic rings. The Balaban J connectivity index is 1.71. The van der Waals surface area contributed by atoms with E-state index < -0.39 is 9.84 Å². The molecule has 3 rings (SSSR count). The van der Waals surface area contributed by atoms with E-state index in [9.17, 15) is 13.2 Å². The van der Waals surface area contributed by atoms with E-state index in [-0.39, 0.29) is 21.8 Å². The number of sulfone groups is 1. The monoisotopic (exact) mass is 458 g/mol. The molecule has 7 nitrogen and oxygen atoms in total. The Morgan fingerprint density at radius 1 is 1.03 bits per heavy atom. The maximum Gasteiger partial charge on any atom is 0.237 e. The first-order valence-electron chi connectivity index (χ1n) is 9.91. The largest absolute Gasteiger partial charge is 0.325 e. The number of aromatic nitrogens is 3. The van der Waals surface area contributed by atoms with Crippen LogP contribution < -0.4 is 5.32 Å². The van der Waals surface area contributed by atoms with Crippen molar-refractivity contribution in [2.45, 2.75) is 48.2 Å². The van der Waals surface area contributed by atoms with Crippen LogP contribution in [-0.2, 0) is 27.4 Å². The number of rotatable bonds is 8. The second-order valence-electron chi connectivity index (χ2n) is 7.40. The molecule has 0 aliphatic rings. The van der Waals surface area contributed by atoms with Gasteiger partial charge in [0.2, 0.25) is 5.91 Å². The van der Waals surface area contributed by atoms with Crippen molar-refractivity contribution < 1.29 is 13.2 Å². The molecule has 1 heterocycles. The van der Waals surface area contributed by atoms with Crippen LogP contribution in [0.25, 0.3) is 0 Å². The minimum atomic E-state index is -3.55. The van der Waals surface area contributed by atoms with Crippen molar-refractivity contribution in [1.29, 1.82) is 0 Å². The number of hydrogen-bond donors (Lipinski definition) is 1. The van der Waals surface area contributed by atoms with Gasteiger partial charge in [-0.3, -0.25) is 4.79 Å². The van der Waals surface area contributed by atoms with Gasteiger partial charge < -0.3 is 9.88 Å². The number of carbonyl (C=O) groups is 1. The van der Waals surface area contributed by atoms with Crippen molar-refractivity contribution in [2.75, 3.05) is 5.32 Å². The van der Waals surface area contributed by atoms with E-state index in [1.165, 1.54) is 11.8 Å². The second-order valence-corrected chi connectivity index (χ2v) is 10.6. The van der Waals surface area contributed by atoms with Gasteiger partial charge in [0.1, 0.15) is 11.6 Å². The highest BCUT2D eigenvalue weighted by atomic mass is 32.2. The van der Waals surface area contributed by atoms with E-state index in [4.69, 9.17) is 0 Å². The maximum absolute atomic E-state index is 12.7.